The molecule has 8 heteroatoms. The van der Waals surface area contributed by atoms with Gasteiger partial charge in [0, 0.05) is 43.5 Å². The minimum absolute atomic E-state index is 0.0343. The van der Waals surface area contributed by atoms with Gasteiger partial charge in [0.1, 0.15) is 0 Å². The molecule has 0 aliphatic rings. The summed E-state index contributed by atoms with van der Waals surface area (Å²) in [6, 6.07) is 27.8. The van der Waals surface area contributed by atoms with Crippen molar-refractivity contribution in [3.8, 4) is 28.1 Å². The first-order valence-corrected chi connectivity index (χ1v) is 13.3. The van der Waals surface area contributed by atoms with E-state index in [-0.39, 0.29) is 16.8 Å². The van der Waals surface area contributed by atoms with Crippen LogP contribution in [0.3, 0.4) is 0 Å². The number of nitrogens with zero attached hydrogens (tertiary/aromatic N) is 3. The Hall–Kier alpha value is -4.75. The fourth-order valence-corrected chi connectivity index (χ4v) is 4.55. The summed E-state index contributed by atoms with van der Waals surface area (Å²) in [5.41, 5.74) is 8.02. The highest BCUT2D eigenvalue weighted by molar-refractivity contribution is 6.34. The van der Waals surface area contributed by atoms with E-state index in [1.807, 2.05) is 35.0 Å². The van der Waals surface area contributed by atoms with Gasteiger partial charge in [-0.2, -0.15) is 5.10 Å². The van der Waals surface area contributed by atoms with Crippen molar-refractivity contribution in [1.82, 2.24) is 20.1 Å². The van der Waals surface area contributed by atoms with Crippen LogP contribution in [0, 0.1) is 6.92 Å². The van der Waals surface area contributed by atoms with Crippen LogP contribution in [0.15, 0.2) is 97.3 Å². The molecule has 40 heavy (non-hydrogen) atoms. The van der Waals surface area contributed by atoms with Crippen molar-refractivity contribution in [3.05, 3.63) is 119 Å². The second-order valence-corrected chi connectivity index (χ2v) is 9.81. The van der Waals surface area contributed by atoms with Crippen LogP contribution in [0.2, 0.25) is 5.02 Å². The fourth-order valence-electron chi connectivity index (χ4n) is 4.34. The minimum atomic E-state index is -0.315. The van der Waals surface area contributed by atoms with Crippen LogP contribution in [0.4, 0.5) is 5.69 Å². The maximum Gasteiger partial charge on any atom is 0.257 e. The predicted octanol–water partition coefficient (Wildman–Crippen LogP) is 6.49. The van der Waals surface area contributed by atoms with Crippen molar-refractivity contribution in [2.45, 2.75) is 19.8 Å². The number of aryl methyl sites for hydroxylation is 2. The molecule has 5 rings (SSSR count). The third-order valence-electron chi connectivity index (χ3n) is 6.60. The molecule has 0 unspecified atom stereocenters. The van der Waals surface area contributed by atoms with Crippen LogP contribution in [0.1, 0.15) is 28.0 Å². The smallest absolute Gasteiger partial charge is 0.257 e. The highest BCUT2D eigenvalue weighted by Crippen LogP contribution is 2.29. The number of anilines is 1. The van der Waals surface area contributed by atoms with Gasteiger partial charge in [-0.1, -0.05) is 65.7 Å². The molecule has 7 nitrogen and oxygen atoms in total. The Morgan fingerprint density at radius 1 is 0.875 bits per heavy atom. The number of rotatable bonds is 8. The largest absolute Gasteiger partial charge is 0.359 e. The highest BCUT2D eigenvalue weighted by atomic mass is 35.5. The molecule has 0 fully saturated rings. The van der Waals surface area contributed by atoms with E-state index in [1.54, 1.807) is 13.1 Å². The standard InChI is InChI=1S/C32H28ClN5O2/c1-21-3-5-22(6-4-21)23-7-9-24(10-8-23)30-19-26(13-16-31(39)34-2)37-38(30)27-14-11-25(12-15-27)36-32(40)28-17-18-35-20-29(28)33/h3-12,14-15,17-20H,13,16H2,1-2H3,(H,34,39)(H,36,40). The van der Waals surface area contributed by atoms with Gasteiger partial charge in [-0.15, -0.1) is 0 Å². The number of aromatic nitrogens is 3. The molecule has 2 heterocycles. The zero-order valence-electron chi connectivity index (χ0n) is 22.2. The third-order valence-corrected chi connectivity index (χ3v) is 6.90. The van der Waals surface area contributed by atoms with Crippen molar-refractivity contribution < 1.29 is 9.59 Å². The lowest BCUT2D eigenvalue weighted by Gasteiger charge is -2.11. The fraction of sp³-hybridized carbons (Fsp3) is 0.125. The van der Waals surface area contributed by atoms with Crippen LogP contribution in [-0.4, -0.2) is 33.6 Å². The van der Waals surface area contributed by atoms with Gasteiger partial charge >= 0.3 is 0 Å². The van der Waals surface area contributed by atoms with Gasteiger partial charge in [-0.05, 0) is 54.4 Å². The summed E-state index contributed by atoms with van der Waals surface area (Å²) in [5.74, 6) is -0.349. The van der Waals surface area contributed by atoms with Gasteiger partial charge in [0.05, 0.1) is 27.7 Å². The first-order chi connectivity index (χ1) is 19.4. The Morgan fingerprint density at radius 3 is 2.17 bits per heavy atom. The zero-order valence-corrected chi connectivity index (χ0v) is 22.9. The van der Waals surface area contributed by atoms with Gasteiger partial charge in [-0.3, -0.25) is 14.6 Å². The summed E-state index contributed by atoms with van der Waals surface area (Å²) < 4.78 is 1.87. The third kappa shape index (κ3) is 6.11. The second-order valence-electron chi connectivity index (χ2n) is 9.41. The summed E-state index contributed by atoms with van der Waals surface area (Å²) >= 11 is 6.11. The summed E-state index contributed by atoms with van der Waals surface area (Å²) in [5, 5.41) is 10.6. The number of nitrogens with one attached hydrogen (secondary N) is 2. The molecule has 2 amide bonds. The molecule has 2 N–H and O–H groups in total. The number of pyridine rings is 1. The van der Waals surface area contributed by atoms with Crippen molar-refractivity contribution in [2.24, 2.45) is 0 Å². The number of hydrogen-bond acceptors (Lipinski definition) is 4. The lowest BCUT2D eigenvalue weighted by atomic mass is 10.0. The number of carbonyl (C=O) groups excluding carboxylic acids is 2. The van der Waals surface area contributed by atoms with E-state index >= 15 is 0 Å². The Bertz CT molecular complexity index is 1640. The average Bonchev–Trinajstić information content (AvgIpc) is 3.41. The molecule has 0 radical (unpaired) electrons. The normalized spacial score (nSPS) is 10.8. The summed E-state index contributed by atoms with van der Waals surface area (Å²) in [4.78, 5) is 28.4. The SMILES string of the molecule is CNC(=O)CCc1cc(-c2ccc(-c3ccc(C)cc3)cc2)n(-c2ccc(NC(=O)c3ccncc3Cl)cc2)n1. The molecule has 0 bridgehead atoms. The van der Waals surface area contributed by atoms with Crippen molar-refractivity contribution in [3.63, 3.8) is 0 Å². The molecule has 0 aliphatic heterocycles. The van der Waals surface area contributed by atoms with Crippen LogP contribution >= 0.6 is 11.6 Å². The van der Waals surface area contributed by atoms with Crippen molar-refractivity contribution >= 4 is 29.1 Å². The topological polar surface area (TPSA) is 88.9 Å². The van der Waals surface area contributed by atoms with E-state index in [9.17, 15) is 9.59 Å². The molecule has 0 saturated heterocycles. The maximum absolute atomic E-state index is 12.7. The lowest BCUT2D eigenvalue weighted by molar-refractivity contribution is -0.120. The maximum atomic E-state index is 12.7. The number of carbonyl (C=O) groups is 2. The van der Waals surface area contributed by atoms with Crippen LogP contribution in [-0.2, 0) is 11.2 Å². The minimum Gasteiger partial charge on any atom is -0.359 e. The average molecular weight is 550 g/mol. The number of halogens is 1. The highest BCUT2D eigenvalue weighted by Gasteiger charge is 2.15. The van der Waals surface area contributed by atoms with E-state index in [4.69, 9.17) is 16.7 Å². The first kappa shape index (κ1) is 26.8. The quantitative estimate of drug-likeness (QED) is 0.231. The molecule has 200 valence electrons. The monoisotopic (exact) mass is 549 g/mol. The van der Waals surface area contributed by atoms with E-state index in [0.717, 1.165) is 33.8 Å². The van der Waals surface area contributed by atoms with Gasteiger partial charge in [0.15, 0.2) is 0 Å². The van der Waals surface area contributed by atoms with Crippen molar-refractivity contribution in [1.29, 1.82) is 0 Å². The first-order valence-electron chi connectivity index (χ1n) is 12.9. The molecule has 3 aromatic carbocycles. The van der Waals surface area contributed by atoms with E-state index in [1.165, 1.54) is 18.0 Å². The summed E-state index contributed by atoms with van der Waals surface area (Å²) in [6.07, 6.45) is 3.83. The van der Waals surface area contributed by atoms with E-state index in [2.05, 4.69) is 71.1 Å². The second kappa shape index (κ2) is 12.0. The Morgan fingerprint density at radius 2 is 1.52 bits per heavy atom. The molecular formula is C32H28ClN5O2. The summed E-state index contributed by atoms with van der Waals surface area (Å²) in [7, 11) is 1.63. The van der Waals surface area contributed by atoms with Gasteiger partial charge in [0.25, 0.3) is 5.91 Å². The Balaban J connectivity index is 1.43. The predicted molar refractivity (Wildman–Crippen MR) is 159 cm³/mol. The van der Waals surface area contributed by atoms with Crippen LogP contribution in [0.5, 0.6) is 0 Å². The molecule has 0 aliphatic carbocycles. The molecule has 5 aromatic rings. The number of benzene rings is 3. The van der Waals surface area contributed by atoms with Crippen LogP contribution < -0.4 is 10.6 Å². The number of amides is 2. The van der Waals surface area contributed by atoms with Crippen LogP contribution in [0.25, 0.3) is 28.1 Å². The molecule has 0 saturated carbocycles. The Labute approximate surface area is 237 Å². The zero-order chi connectivity index (χ0) is 28.1. The molecule has 0 spiro atoms. The molecule has 0 atom stereocenters. The van der Waals surface area contributed by atoms with Crippen molar-refractivity contribution in [2.75, 3.05) is 12.4 Å². The lowest BCUT2D eigenvalue weighted by Crippen LogP contribution is -2.18. The molecule has 2 aromatic heterocycles. The van der Waals surface area contributed by atoms with Gasteiger partial charge in [0.2, 0.25) is 5.91 Å². The van der Waals surface area contributed by atoms with Gasteiger partial charge in [-0.25, -0.2) is 4.68 Å². The summed E-state index contributed by atoms with van der Waals surface area (Å²) in [6.45, 7) is 2.08. The number of hydrogen-bond donors (Lipinski definition) is 2. The van der Waals surface area contributed by atoms with Gasteiger partial charge < -0.3 is 10.6 Å². The molecular weight excluding hydrogens is 522 g/mol. The van der Waals surface area contributed by atoms with E-state index in [0.29, 0.717) is 24.1 Å². The Kier molecular flexibility index (Phi) is 8.03. The van der Waals surface area contributed by atoms with E-state index < -0.39 is 0 Å².